The van der Waals surface area contributed by atoms with Gasteiger partial charge in [-0.25, -0.2) is 17.9 Å². The van der Waals surface area contributed by atoms with Crippen molar-refractivity contribution < 1.29 is 13.2 Å². The number of carbonyl (C=O) groups excluding carboxylic acids is 1. The molecule has 0 aliphatic carbocycles. The molecule has 21 heavy (non-hydrogen) atoms. The van der Waals surface area contributed by atoms with Crippen molar-refractivity contribution in [1.82, 2.24) is 25.1 Å². The van der Waals surface area contributed by atoms with Gasteiger partial charge in [-0.3, -0.25) is 4.68 Å². The Labute approximate surface area is 125 Å². The quantitative estimate of drug-likeness (QED) is 0.602. The highest BCUT2D eigenvalue weighted by Gasteiger charge is 2.10. The molecule has 0 saturated carbocycles. The Bertz CT molecular complexity index is 582. The molecule has 0 unspecified atom stereocenters. The predicted octanol–water partition coefficient (Wildman–Crippen LogP) is -0.263. The third-order valence-electron chi connectivity index (χ3n) is 2.70. The predicted molar refractivity (Wildman–Crippen MR) is 80.5 cm³/mol. The fourth-order valence-corrected chi connectivity index (χ4v) is 2.32. The van der Waals surface area contributed by atoms with Crippen LogP contribution in [0.4, 0.5) is 4.79 Å². The van der Waals surface area contributed by atoms with E-state index in [1.165, 1.54) is 0 Å². The number of hydrogen-bond donors (Lipinski definition) is 3. The summed E-state index contributed by atoms with van der Waals surface area (Å²) in [5.74, 6) is 0. The van der Waals surface area contributed by atoms with Gasteiger partial charge >= 0.3 is 6.03 Å². The van der Waals surface area contributed by atoms with Gasteiger partial charge in [0.2, 0.25) is 10.0 Å². The zero-order valence-corrected chi connectivity index (χ0v) is 13.6. The highest BCUT2D eigenvalue weighted by Crippen LogP contribution is 2.02. The van der Waals surface area contributed by atoms with Gasteiger partial charge < -0.3 is 10.6 Å². The molecule has 0 aromatic carbocycles. The van der Waals surface area contributed by atoms with Crippen molar-refractivity contribution >= 4 is 16.1 Å². The first-order valence-electron chi connectivity index (χ1n) is 6.67. The van der Waals surface area contributed by atoms with E-state index in [4.69, 9.17) is 0 Å². The number of amides is 2. The van der Waals surface area contributed by atoms with Gasteiger partial charge in [0.15, 0.2) is 0 Å². The highest BCUT2D eigenvalue weighted by atomic mass is 32.2. The molecule has 8 nitrogen and oxygen atoms in total. The van der Waals surface area contributed by atoms with E-state index < -0.39 is 10.0 Å². The van der Waals surface area contributed by atoms with Crippen molar-refractivity contribution in [1.29, 1.82) is 0 Å². The Morgan fingerprint density at radius 2 is 2.05 bits per heavy atom. The van der Waals surface area contributed by atoms with Crippen molar-refractivity contribution in [3.05, 3.63) is 17.5 Å². The average Bonchev–Trinajstić information content (AvgIpc) is 2.62. The van der Waals surface area contributed by atoms with E-state index in [2.05, 4.69) is 20.5 Å². The number of nitrogens with one attached hydrogen (secondary N) is 3. The standard InChI is InChI=1S/C12H23N5O3S/c1-9-7-11(3)17(16-9)8-10(2)15-12(18)13-5-6-14-21(4,19)20/h7,10,14H,5-6,8H2,1-4H3,(H2,13,15,18)/t10-/m1/s1. The summed E-state index contributed by atoms with van der Waals surface area (Å²) in [5, 5.41) is 9.69. The Morgan fingerprint density at radius 1 is 1.38 bits per heavy atom. The fraction of sp³-hybridized carbons (Fsp3) is 0.667. The summed E-state index contributed by atoms with van der Waals surface area (Å²) < 4.78 is 25.8. The third-order valence-corrected chi connectivity index (χ3v) is 3.43. The number of carbonyl (C=O) groups is 1. The SMILES string of the molecule is Cc1cc(C)n(C[C@@H](C)NC(=O)NCCNS(C)(=O)=O)n1. The molecule has 3 N–H and O–H groups in total. The van der Waals surface area contributed by atoms with Crippen molar-refractivity contribution in [3.8, 4) is 0 Å². The van der Waals surface area contributed by atoms with Gasteiger partial charge in [-0.15, -0.1) is 0 Å². The minimum absolute atomic E-state index is 0.0918. The number of aromatic nitrogens is 2. The molecule has 1 heterocycles. The lowest BCUT2D eigenvalue weighted by Crippen LogP contribution is -2.45. The second kappa shape index (κ2) is 7.41. The number of rotatable bonds is 7. The fourth-order valence-electron chi connectivity index (χ4n) is 1.85. The minimum atomic E-state index is -3.22. The Balaban J connectivity index is 2.29. The topological polar surface area (TPSA) is 105 Å². The molecule has 0 saturated heterocycles. The summed E-state index contributed by atoms with van der Waals surface area (Å²) in [6.07, 6.45) is 1.07. The highest BCUT2D eigenvalue weighted by molar-refractivity contribution is 7.88. The molecular weight excluding hydrogens is 294 g/mol. The van der Waals surface area contributed by atoms with Gasteiger partial charge in [-0.1, -0.05) is 0 Å². The summed E-state index contributed by atoms with van der Waals surface area (Å²) in [7, 11) is -3.22. The molecule has 0 fully saturated rings. The molecule has 0 aliphatic heterocycles. The van der Waals surface area contributed by atoms with Crippen molar-refractivity contribution in [2.75, 3.05) is 19.3 Å². The maximum absolute atomic E-state index is 11.6. The molecule has 0 aliphatic rings. The minimum Gasteiger partial charge on any atom is -0.337 e. The molecular formula is C12H23N5O3S. The summed E-state index contributed by atoms with van der Waals surface area (Å²) in [6, 6.07) is 1.55. The molecule has 1 atom stereocenters. The zero-order chi connectivity index (χ0) is 16.0. The maximum atomic E-state index is 11.6. The van der Waals surface area contributed by atoms with Crippen molar-refractivity contribution in [2.24, 2.45) is 0 Å². The van der Waals surface area contributed by atoms with Gasteiger partial charge in [0, 0.05) is 24.8 Å². The van der Waals surface area contributed by atoms with E-state index in [-0.39, 0.29) is 25.2 Å². The van der Waals surface area contributed by atoms with Crippen LogP contribution in [0.5, 0.6) is 0 Å². The third kappa shape index (κ3) is 7.09. The Hall–Kier alpha value is -1.61. The Morgan fingerprint density at radius 3 is 2.57 bits per heavy atom. The number of urea groups is 1. The Kier molecular flexibility index (Phi) is 6.16. The van der Waals surface area contributed by atoms with Crippen LogP contribution in [-0.4, -0.2) is 49.6 Å². The summed E-state index contributed by atoms with van der Waals surface area (Å²) >= 11 is 0. The van der Waals surface area contributed by atoms with E-state index in [1.54, 1.807) is 0 Å². The first-order valence-corrected chi connectivity index (χ1v) is 8.56. The molecule has 0 bridgehead atoms. The maximum Gasteiger partial charge on any atom is 0.315 e. The largest absolute Gasteiger partial charge is 0.337 e. The van der Waals surface area contributed by atoms with Crippen LogP contribution in [0.2, 0.25) is 0 Å². The lowest BCUT2D eigenvalue weighted by Gasteiger charge is -2.15. The molecule has 2 amide bonds. The van der Waals surface area contributed by atoms with Crippen LogP contribution in [-0.2, 0) is 16.6 Å². The lowest BCUT2D eigenvalue weighted by molar-refractivity contribution is 0.236. The van der Waals surface area contributed by atoms with Gasteiger partial charge in [0.05, 0.1) is 18.5 Å². The van der Waals surface area contributed by atoms with Gasteiger partial charge in [0.1, 0.15) is 0 Å². The van der Waals surface area contributed by atoms with E-state index in [0.29, 0.717) is 6.54 Å². The van der Waals surface area contributed by atoms with Gasteiger partial charge in [0.25, 0.3) is 0 Å². The molecule has 1 aromatic heterocycles. The summed E-state index contributed by atoms with van der Waals surface area (Å²) in [5.41, 5.74) is 1.98. The normalized spacial score (nSPS) is 13.0. The van der Waals surface area contributed by atoms with Crippen molar-refractivity contribution in [3.63, 3.8) is 0 Å². The van der Waals surface area contributed by atoms with E-state index >= 15 is 0 Å². The van der Waals surface area contributed by atoms with Crippen LogP contribution in [0.25, 0.3) is 0 Å². The van der Waals surface area contributed by atoms with Crippen LogP contribution in [0.15, 0.2) is 6.07 Å². The first kappa shape index (κ1) is 17.4. The van der Waals surface area contributed by atoms with Gasteiger partial charge in [-0.2, -0.15) is 5.10 Å². The van der Waals surface area contributed by atoms with Gasteiger partial charge in [-0.05, 0) is 26.8 Å². The molecule has 0 spiro atoms. The van der Waals surface area contributed by atoms with Crippen molar-refractivity contribution in [2.45, 2.75) is 33.4 Å². The van der Waals surface area contributed by atoms with Crippen LogP contribution in [0.1, 0.15) is 18.3 Å². The van der Waals surface area contributed by atoms with Crippen LogP contribution >= 0.6 is 0 Å². The van der Waals surface area contributed by atoms with Crippen LogP contribution in [0.3, 0.4) is 0 Å². The van der Waals surface area contributed by atoms with Crippen LogP contribution < -0.4 is 15.4 Å². The monoisotopic (exact) mass is 317 g/mol. The molecule has 9 heteroatoms. The molecule has 1 aromatic rings. The summed E-state index contributed by atoms with van der Waals surface area (Å²) in [4.78, 5) is 11.6. The lowest BCUT2D eigenvalue weighted by atomic mass is 10.3. The first-order chi connectivity index (χ1) is 9.67. The van der Waals surface area contributed by atoms with E-state index in [1.807, 2.05) is 31.5 Å². The number of sulfonamides is 1. The number of aryl methyl sites for hydroxylation is 2. The van der Waals surface area contributed by atoms with E-state index in [0.717, 1.165) is 17.6 Å². The molecule has 1 rings (SSSR count). The summed E-state index contributed by atoms with van der Waals surface area (Å²) in [6.45, 7) is 6.73. The zero-order valence-electron chi connectivity index (χ0n) is 12.8. The number of nitrogens with zero attached hydrogens (tertiary/aromatic N) is 2. The average molecular weight is 317 g/mol. The second-order valence-electron chi connectivity index (χ2n) is 5.08. The molecule has 0 radical (unpaired) electrons. The van der Waals surface area contributed by atoms with E-state index in [9.17, 15) is 13.2 Å². The second-order valence-corrected chi connectivity index (χ2v) is 6.91. The van der Waals surface area contributed by atoms with Crippen LogP contribution in [0, 0.1) is 13.8 Å². The number of hydrogen-bond acceptors (Lipinski definition) is 4. The smallest absolute Gasteiger partial charge is 0.315 e. The molecule has 120 valence electrons.